The van der Waals surface area contributed by atoms with Gasteiger partial charge in [0.05, 0.1) is 6.10 Å². The fraction of sp³-hybridized carbons (Fsp3) is 0.562. The summed E-state index contributed by atoms with van der Waals surface area (Å²) in [6.07, 6.45) is -8.81. The van der Waals surface area contributed by atoms with Crippen LogP contribution in [0.15, 0.2) is 24.3 Å². The van der Waals surface area contributed by atoms with E-state index >= 15 is 0 Å². The van der Waals surface area contributed by atoms with Crippen molar-refractivity contribution in [3.63, 3.8) is 0 Å². The minimum absolute atomic E-state index is 0.177. The molecule has 7 unspecified atom stereocenters. The normalized spacial score (nSPS) is 32.0. The molecule has 0 aliphatic carbocycles. The fourth-order valence-electron chi connectivity index (χ4n) is 2.53. The zero-order valence-electron chi connectivity index (χ0n) is 13.6. The smallest absolute Gasteiger partial charge is 0.335 e. The van der Waals surface area contributed by atoms with Crippen molar-refractivity contribution in [1.82, 2.24) is 0 Å². The molecule has 0 amide bonds. The highest BCUT2D eigenvalue weighted by Crippen LogP contribution is 2.27. The maximum Gasteiger partial charge on any atom is 0.335 e. The Bertz CT molecular complexity index is 597. The summed E-state index contributed by atoms with van der Waals surface area (Å²) in [6.45, 7) is 1.83. The predicted molar refractivity (Wildman–Crippen MR) is 84.6 cm³/mol. The molecule has 2 rings (SSSR count). The van der Waals surface area contributed by atoms with Crippen LogP contribution in [0.5, 0.6) is 5.75 Å². The van der Waals surface area contributed by atoms with Crippen LogP contribution in [0.25, 0.3) is 0 Å². The summed E-state index contributed by atoms with van der Waals surface area (Å²) in [4.78, 5) is 11.1. The number of aliphatic hydroxyl groups excluding tert-OH is 4. The molecule has 1 aliphatic rings. The molecule has 7 N–H and O–H groups in total. The van der Waals surface area contributed by atoms with E-state index in [0.717, 1.165) is 0 Å². The van der Waals surface area contributed by atoms with Gasteiger partial charge in [0.15, 0.2) is 6.10 Å². The van der Waals surface area contributed by atoms with Gasteiger partial charge in [0.2, 0.25) is 6.29 Å². The van der Waals surface area contributed by atoms with Gasteiger partial charge in [-0.05, 0) is 24.1 Å². The van der Waals surface area contributed by atoms with E-state index in [1.807, 2.05) is 6.92 Å². The maximum atomic E-state index is 11.1. The van der Waals surface area contributed by atoms with Crippen LogP contribution >= 0.6 is 0 Å². The lowest BCUT2D eigenvalue weighted by atomic mass is 9.99. The molecule has 140 valence electrons. The van der Waals surface area contributed by atoms with Gasteiger partial charge in [0, 0.05) is 6.04 Å². The van der Waals surface area contributed by atoms with Crippen molar-refractivity contribution in [2.75, 3.05) is 0 Å². The van der Waals surface area contributed by atoms with Gasteiger partial charge >= 0.3 is 5.97 Å². The summed E-state index contributed by atoms with van der Waals surface area (Å²) < 4.78 is 10.5. The Morgan fingerprint density at radius 2 is 1.96 bits per heavy atom. The Morgan fingerprint density at radius 1 is 1.28 bits per heavy atom. The van der Waals surface area contributed by atoms with Gasteiger partial charge in [-0.25, -0.2) is 4.79 Å². The van der Waals surface area contributed by atoms with Crippen molar-refractivity contribution in [3.8, 4) is 5.75 Å². The Morgan fingerprint density at radius 3 is 2.56 bits per heavy atom. The van der Waals surface area contributed by atoms with Crippen molar-refractivity contribution in [2.24, 2.45) is 5.73 Å². The third-order valence-electron chi connectivity index (χ3n) is 4.14. The van der Waals surface area contributed by atoms with Crippen molar-refractivity contribution >= 4 is 5.97 Å². The Balaban J connectivity index is 2.16. The van der Waals surface area contributed by atoms with Crippen molar-refractivity contribution in [1.29, 1.82) is 0 Å². The standard InChI is InChI=1S/C16H23NO8/c1-2-9(17)10(18)7-4-3-5-8(6-7)24-16-13(21)11(19)12(20)14(25-16)15(22)23/h3-6,9-14,16,18-21H,2,17H2,1H3,(H,22,23). The van der Waals surface area contributed by atoms with Crippen LogP contribution in [-0.2, 0) is 9.53 Å². The van der Waals surface area contributed by atoms with Gasteiger partial charge in [0.1, 0.15) is 24.1 Å². The second kappa shape index (κ2) is 8.09. The Labute approximate surface area is 144 Å². The van der Waals surface area contributed by atoms with E-state index < -0.39 is 48.8 Å². The molecule has 0 bridgehead atoms. The fourth-order valence-corrected chi connectivity index (χ4v) is 2.53. The van der Waals surface area contributed by atoms with Crippen molar-refractivity contribution in [3.05, 3.63) is 29.8 Å². The molecule has 1 aromatic carbocycles. The highest BCUT2D eigenvalue weighted by molar-refractivity contribution is 5.73. The highest BCUT2D eigenvalue weighted by atomic mass is 16.7. The minimum atomic E-state index is -1.79. The summed E-state index contributed by atoms with van der Waals surface area (Å²) in [5.74, 6) is -1.32. The number of rotatable bonds is 6. The third kappa shape index (κ3) is 4.27. The number of nitrogens with two attached hydrogens (primary N) is 1. The summed E-state index contributed by atoms with van der Waals surface area (Å²) in [5.41, 5.74) is 6.29. The van der Waals surface area contributed by atoms with Crippen LogP contribution in [0.3, 0.4) is 0 Å². The Hall–Kier alpha value is -1.75. The first-order chi connectivity index (χ1) is 11.8. The summed E-state index contributed by atoms with van der Waals surface area (Å²) in [7, 11) is 0. The molecule has 0 aromatic heterocycles. The van der Waals surface area contributed by atoms with Crippen LogP contribution < -0.4 is 10.5 Å². The molecule has 25 heavy (non-hydrogen) atoms. The first-order valence-electron chi connectivity index (χ1n) is 7.89. The van der Waals surface area contributed by atoms with Gasteiger partial charge in [-0.3, -0.25) is 0 Å². The van der Waals surface area contributed by atoms with Gasteiger partial charge in [0.25, 0.3) is 0 Å². The number of carboxylic acids is 1. The van der Waals surface area contributed by atoms with E-state index in [4.69, 9.17) is 20.3 Å². The summed E-state index contributed by atoms with van der Waals surface area (Å²) >= 11 is 0. The third-order valence-corrected chi connectivity index (χ3v) is 4.14. The Kier molecular flexibility index (Phi) is 6.33. The van der Waals surface area contributed by atoms with Gasteiger partial charge in [-0.15, -0.1) is 0 Å². The van der Waals surface area contributed by atoms with Gasteiger partial charge in [-0.1, -0.05) is 19.1 Å². The molecule has 1 aliphatic heterocycles. The molecular formula is C16H23NO8. The number of benzene rings is 1. The van der Waals surface area contributed by atoms with E-state index in [1.54, 1.807) is 12.1 Å². The van der Waals surface area contributed by atoms with Crippen LogP contribution in [-0.4, -0.2) is 68.2 Å². The lowest BCUT2D eigenvalue weighted by Crippen LogP contribution is -2.61. The zero-order chi connectivity index (χ0) is 18.7. The van der Waals surface area contributed by atoms with Gasteiger partial charge < -0.3 is 40.7 Å². The van der Waals surface area contributed by atoms with E-state index in [-0.39, 0.29) is 5.75 Å². The molecule has 0 radical (unpaired) electrons. The highest BCUT2D eigenvalue weighted by Gasteiger charge is 2.48. The molecular weight excluding hydrogens is 334 g/mol. The molecule has 1 saturated heterocycles. The van der Waals surface area contributed by atoms with Crippen LogP contribution in [0.1, 0.15) is 25.0 Å². The molecule has 7 atom stereocenters. The molecule has 9 nitrogen and oxygen atoms in total. The SMILES string of the molecule is CCC(N)C(O)c1cccc(OC2OC(C(=O)O)C(O)C(O)C2O)c1. The van der Waals surface area contributed by atoms with Crippen LogP contribution in [0.2, 0.25) is 0 Å². The van der Waals surface area contributed by atoms with E-state index in [1.165, 1.54) is 12.1 Å². The molecule has 0 spiro atoms. The number of aliphatic carboxylic acids is 1. The van der Waals surface area contributed by atoms with Crippen LogP contribution in [0, 0.1) is 0 Å². The zero-order valence-corrected chi connectivity index (χ0v) is 13.6. The molecule has 0 saturated carbocycles. The topological polar surface area (TPSA) is 163 Å². The number of aliphatic hydroxyl groups is 4. The predicted octanol–water partition coefficient (Wildman–Crippen LogP) is -1.27. The minimum Gasteiger partial charge on any atom is -0.479 e. The average Bonchev–Trinajstić information content (AvgIpc) is 2.60. The summed E-state index contributed by atoms with van der Waals surface area (Å²) in [5, 5.41) is 48.6. The molecule has 1 heterocycles. The first-order valence-corrected chi connectivity index (χ1v) is 7.89. The second-order valence-electron chi connectivity index (χ2n) is 5.94. The first kappa shape index (κ1) is 19.6. The molecule has 1 fully saturated rings. The van der Waals surface area contributed by atoms with E-state index in [0.29, 0.717) is 12.0 Å². The van der Waals surface area contributed by atoms with E-state index in [2.05, 4.69) is 0 Å². The van der Waals surface area contributed by atoms with Gasteiger partial charge in [-0.2, -0.15) is 0 Å². The number of carboxylic acid groups (broad SMARTS) is 1. The van der Waals surface area contributed by atoms with Crippen molar-refractivity contribution < 1.29 is 39.8 Å². The van der Waals surface area contributed by atoms with Crippen LogP contribution in [0.4, 0.5) is 0 Å². The van der Waals surface area contributed by atoms with E-state index in [9.17, 15) is 25.2 Å². The lowest BCUT2D eigenvalue weighted by molar-refractivity contribution is -0.271. The van der Waals surface area contributed by atoms with Crippen molar-refractivity contribution in [2.45, 2.75) is 56.2 Å². The molecule has 9 heteroatoms. The second-order valence-corrected chi connectivity index (χ2v) is 5.94. The number of ether oxygens (including phenoxy) is 2. The number of carbonyl (C=O) groups is 1. The molecule has 1 aromatic rings. The largest absolute Gasteiger partial charge is 0.479 e. The number of hydrogen-bond donors (Lipinski definition) is 6. The quantitative estimate of drug-likeness (QED) is 0.364. The average molecular weight is 357 g/mol. The lowest BCUT2D eigenvalue weighted by Gasteiger charge is -2.38. The number of hydrogen-bond acceptors (Lipinski definition) is 8. The maximum absolute atomic E-state index is 11.1. The monoisotopic (exact) mass is 357 g/mol. The summed E-state index contributed by atoms with van der Waals surface area (Å²) in [6, 6.07) is 5.75.